The summed E-state index contributed by atoms with van der Waals surface area (Å²) in [5.41, 5.74) is 0. The summed E-state index contributed by atoms with van der Waals surface area (Å²) >= 11 is 0. The molecule has 0 amide bonds. The van der Waals surface area contributed by atoms with E-state index in [1.165, 1.54) is 0 Å². The molecule has 3 atom stereocenters. The van der Waals surface area contributed by atoms with Crippen LogP contribution in [0, 0.1) is 5.92 Å². The number of nitrogens with one attached hydrogen (secondary N) is 1. The highest BCUT2D eigenvalue weighted by molar-refractivity contribution is 5.06. The van der Waals surface area contributed by atoms with Crippen molar-refractivity contribution in [2.45, 2.75) is 44.7 Å². The lowest BCUT2D eigenvalue weighted by atomic mass is 10.1. The monoisotopic (exact) mass is 209 g/mol. The number of aliphatic hydroxyl groups is 1. The first-order valence-electron chi connectivity index (χ1n) is 5.96. The van der Waals surface area contributed by atoms with Gasteiger partial charge in [0.05, 0.1) is 0 Å². The predicted molar refractivity (Wildman–Crippen MR) is 64.8 cm³/mol. The van der Waals surface area contributed by atoms with Gasteiger partial charge in [-0.05, 0) is 25.7 Å². The summed E-state index contributed by atoms with van der Waals surface area (Å²) in [6.45, 7) is 6.24. The maximum atomic E-state index is 9.02. The smallest absolute Gasteiger partial charge is 0.0494 e. The predicted octanol–water partition coefficient (Wildman–Crippen LogP) is 2.26. The van der Waals surface area contributed by atoms with Crippen LogP contribution in [0.3, 0.4) is 0 Å². The normalized spacial score (nSPS) is 26.8. The Hall–Kier alpha value is -0.600. The van der Waals surface area contributed by atoms with Gasteiger partial charge in [-0.25, -0.2) is 0 Å². The third-order valence-electron chi connectivity index (χ3n) is 3.07. The molecule has 0 aromatic rings. The van der Waals surface area contributed by atoms with E-state index < -0.39 is 0 Å². The van der Waals surface area contributed by atoms with Gasteiger partial charge in [0.25, 0.3) is 0 Å². The minimum absolute atomic E-state index is 0.276. The zero-order valence-corrected chi connectivity index (χ0v) is 9.65. The van der Waals surface area contributed by atoms with Crippen molar-refractivity contribution in [1.82, 2.24) is 5.32 Å². The molecule has 0 spiro atoms. The molecule has 0 saturated heterocycles. The lowest BCUT2D eigenvalue weighted by Gasteiger charge is -2.21. The van der Waals surface area contributed by atoms with E-state index in [1.807, 2.05) is 6.08 Å². The highest BCUT2D eigenvalue weighted by atomic mass is 16.3. The number of rotatable bonds is 7. The molecule has 2 nitrogen and oxygen atoms in total. The second-order valence-electron chi connectivity index (χ2n) is 4.31. The molecule has 2 heteroatoms. The molecule has 86 valence electrons. The Balaban J connectivity index is 2.27. The summed E-state index contributed by atoms with van der Waals surface area (Å²) in [7, 11) is 0. The molecular weight excluding hydrogens is 186 g/mol. The lowest BCUT2D eigenvalue weighted by Crippen LogP contribution is -2.36. The zero-order chi connectivity index (χ0) is 11.1. The van der Waals surface area contributed by atoms with E-state index in [1.54, 1.807) is 0 Å². The summed E-state index contributed by atoms with van der Waals surface area (Å²) in [4.78, 5) is 0. The Morgan fingerprint density at radius 1 is 1.60 bits per heavy atom. The first-order chi connectivity index (χ1) is 7.30. The highest BCUT2D eigenvalue weighted by Gasteiger charge is 2.19. The summed E-state index contributed by atoms with van der Waals surface area (Å²) in [5, 5.41) is 12.6. The van der Waals surface area contributed by atoms with Crippen LogP contribution in [0.1, 0.15) is 32.6 Å². The van der Waals surface area contributed by atoms with Crippen molar-refractivity contribution in [2.24, 2.45) is 5.92 Å². The third-order valence-corrected chi connectivity index (χ3v) is 3.07. The van der Waals surface area contributed by atoms with Crippen LogP contribution in [0.25, 0.3) is 0 Å². The molecule has 0 aliphatic heterocycles. The molecule has 1 unspecified atom stereocenters. The second-order valence-corrected chi connectivity index (χ2v) is 4.31. The van der Waals surface area contributed by atoms with Crippen molar-refractivity contribution in [3.05, 3.63) is 24.8 Å². The first kappa shape index (κ1) is 12.5. The molecule has 1 aliphatic carbocycles. The third kappa shape index (κ3) is 4.18. The highest BCUT2D eigenvalue weighted by Crippen LogP contribution is 2.18. The van der Waals surface area contributed by atoms with E-state index in [-0.39, 0.29) is 6.61 Å². The van der Waals surface area contributed by atoms with E-state index in [2.05, 4.69) is 31.0 Å². The Labute approximate surface area is 93.1 Å². The summed E-state index contributed by atoms with van der Waals surface area (Å²) in [6, 6.07) is 1.03. The average Bonchev–Trinajstić information content (AvgIpc) is 2.71. The summed E-state index contributed by atoms with van der Waals surface area (Å²) < 4.78 is 0. The minimum atomic E-state index is 0.276. The van der Waals surface area contributed by atoms with Crippen molar-refractivity contribution in [3.8, 4) is 0 Å². The molecule has 0 saturated carbocycles. The summed E-state index contributed by atoms with van der Waals surface area (Å²) in [6.07, 6.45) is 10.7. The largest absolute Gasteiger partial charge is 0.396 e. The van der Waals surface area contributed by atoms with Gasteiger partial charge in [0, 0.05) is 24.6 Å². The molecule has 15 heavy (non-hydrogen) atoms. The molecule has 0 bridgehead atoms. The maximum absolute atomic E-state index is 9.02. The summed E-state index contributed by atoms with van der Waals surface area (Å²) in [5.74, 6) is 0.361. The quantitative estimate of drug-likeness (QED) is 0.630. The van der Waals surface area contributed by atoms with Gasteiger partial charge in [0.1, 0.15) is 0 Å². The molecule has 0 radical (unpaired) electrons. The minimum Gasteiger partial charge on any atom is -0.396 e. The molecular formula is C13H23NO. The Bertz CT molecular complexity index is 213. The average molecular weight is 209 g/mol. The van der Waals surface area contributed by atoms with Gasteiger partial charge in [0.2, 0.25) is 0 Å². The fourth-order valence-corrected chi connectivity index (χ4v) is 2.06. The van der Waals surface area contributed by atoms with Gasteiger partial charge in [-0.3, -0.25) is 0 Å². The van der Waals surface area contributed by atoms with Crippen LogP contribution in [-0.2, 0) is 0 Å². The van der Waals surface area contributed by atoms with Gasteiger partial charge < -0.3 is 10.4 Å². The number of aliphatic hydroxyl groups excluding tert-OH is 1. The molecule has 0 aromatic carbocycles. The SMILES string of the molecule is C=CCCC(CC)N[C@@H]1C=C[C@H](CO)C1. The van der Waals surface area contributed by atoms with E-state index >= 15 is 0 Å². The number of allylic oxidation sites excluding steroid dienone is 1. The van der Waals surface area contributed by atoms with Crippen molar-refractivity contribution in [3.63, 3.8) is 0 Å². The molecule has 2 N–H and O–H groups in total. The standard InChI is InChI=1S/C13H23NO/c1-3-5-6-12(4-2)14-13-8-7-11(9-13)10-15/h3,7-8,11-15H,1,4-6,9-10H2,2H3/t11-,12?,13+/m0/s1. The molecule has 0 fully saturated rings. The van der Waals surface area contributed by atoms with Crippen LogP contribution in [0.15, 0.2) is 24.8 Å². The van der Waals surface area contributed by atoms with E-state index in [9.17, 15) is 0 Å². The van der Waals surface area contributed by atoms with Crippen LogP contribution in [0.5, 0.6) is 0 Å². The van der Waals surface area contributed by atoms with Crippen LogP contribution in [0.4, 0.5) is 0 Å². The van der Waals surface area contributed by atoms with E-state index in [4.69, 9.17) is 5.11 Å². The van der Waals surface area contributed by atoms with Crippen molar-refractivity contribution < 1.29 is 5.11 Å². The van der Waals surface area contributed by atoms with Gasteiger partial charge in [-0.15, -0.1) is 6.58 Å². The van der Waals surface area contributed by atoms with Crippen molar-refractivity contribution >= 4 is 0 Å². The van der Waals surface area contributed by atoms with E-state index in [0.717, 1.165) is 25.7 Å². The van der Waals surface area contributed by atoms with Crippen LogP contribution >= 0.6 is 0 Å². The van der Waals surface area contributed by atoms with Gasteiger partial charge in [0.15, 0.2) is 0 Å². The molecule has 0 heterocycles. The topological polar surface area (TPSA) is 32.3 Å². The van der Waals surface area contributed by atoms with Crippen LogP contribution in [-0.4, -0.2) is 23.8 Å². The zero-order valence-electron chi connectivity index (χ0n) is 9.65. The van der Waals surface area contributed by atoms with Crippen molar-refractivity contribution in [1.29, 1.82) is 0 Å². The molecule has 1 aliphatic rings. The fourth-order valence-electron chi connectivity index (χ4n) is 2.06. The van der Waals surface area contributed by atoms with E-state index in [0.29, 0.717) is 18.0 Å². The Morgan fingerprint density at radius 2 is 2.40 bits per heavy atom. The fraction of sp³-hybridized carbons (Fsp3) is 0.692. The molecule has 1 rings (SSSR count). The van der Waals surface area contributed by atoms with Gasteiger partial charge >= 0.3 is 0 Å². The lowest BCUT2D eigenvalue weighted by molar-refractivity contribution is 0.244. The van der Waals surface area contributed by atoms with Crippen LogP contribution in [0.2, 0.25) is 0 Å². The van der Waals surface area contributed by atoms with Gasteiger partial charge in [-0.2, -0.15) is 0 Å². The molecule has 0 aromatic heterocycles. The maximum Gasteiger partial charge on any atom is 0.0494 e. The Morgan fingerprint density at radius 3 is 2.93 bits per heavy atom. The van der Waals surface area contributed by atoms with Gasteiger partial charge in [-0.1, -0.05) is 25.2 Å². The Kier molecular flexibility index (Phi) is 5.66. The second kappa shape index (κ2) is 6.81. The number of hydrogen-bond acceptors (Lipinski definition) is 2. The van der Waals surface area contributed by atoms with Crippen molar-refractivity contribution in [2.75, 3.05) is 6.61 Å². The number of hydrogen-bond donors (Lipinski definition) is 2. The van der Waals surface area contributed by atoms with Crippen LogP contribution < -0.4 is 5.32 Å². The first-order valence-corrected chi connectivity index (χ1v) is 5.96.